The predicted molar refractivity (Wildman–Crippen MR) is 186 cm³/mol. The molecule has 0 bridgehead atoms. The minimum absolute atomic E-state index is 0. The Labute approximate surface area is 265 Å². The van der Waals surface area contributed by atoms with Gasteiger partial charge in [-0.1, -0.05) is 150 Å². The van der Waals surface area contributed by atoms with Gasteiger partial charge < -0.3 is 14.7 Å². The van der Waals surface area contributed by atoms with Crippen LogP contribution < -0.4 is 0 Å². The molecule has 0 aliphatic heterocycles. The molecule has 0 saturated heterocycles. The summed E-state index contributed by atoms with van der Waals surface area (Å²) in [5.41, 5.74) is 0. The van der Waals surface area contributed by atoms with Crippen molar-refractivity contribution in [2.75, 3.05) is 26.2 Å². The molecule has 0 radical (unpaired) electrons. The van der Waals surface area contributed by atoms with Gasteiger partial charge >= 0.3 is 5.97 Å². The fourth-order valence-corrected chi connectivity index (χ4v) is 5.87. The number of nitrogens with zero attached hydrogens (tertiary/aromatic N) is 1. The number of hydrogen-bond acceptors (Lipinski definition) is 4. The highest BCUT2D eigenvalue weighted by Crippen LogP contribution is 2.18. The van der Waals surface area contributed by atoms with Crippen molar-refractivity contribution in [2.24, 2.45) is 0 Å². The Kier molecular flexibility index (Phi) is 37.9. The SMILES string of the molecule is C.CCCCCCCCCN(CCCO)CCCCCCCC(=O)OC(CCCCCCCC)CCCCCCCC. The molecule has 1 N–H and O–H groups in total. The molecule has 42 heavy (non-hydrogen) atoms. The molecule has 0 rings (SSSR count). The number of carbonyl (C=O) groups excluding carboxylic acids is 1. The van der Waals surface area contributed by atoms with Crippen LogP contribution in [-0.4, -0.2) is 48.3 Å². The van der Waals surface area contributed by atoms with Crippen LogP contribution in [0.25, 0.3) is 0 Å². The molecule has 0 aliphatic rings. The number of carbonyl (C=O) groups is 1. The van der Waals surface area contributed by atoms with Gasteiger partial charge in [-0.2, -0.15) is 0 Å². The second kappa shape index (κ2) is 36.6. The normalized spacial score (nSPS) is 11.4. The Morgan fingerprint density at radius 2 is 0.881 bits per heavy atom. The minimum atomic E-state index is 0. The molecule has 0 aromatic carbocycles. The molecule has 4 heteroatoms. The lowest BCUT2D eigenvalue weighted by Gasteiger charge is -2.22. The first-order chi connectivity index (χ1) is 20.2. The maximum Gasteiger partial charge on any atom is 0.306 e. The van der Waals surface area contributed by atoms with Gasteiger partial charge in [0.1, 0.15) is 6.10 Å². The van der Waals surface area contributed by atoms with Crippen LogP contribution in [0.15, 0.2) is 0 Å². The van der Waals surface area contributed by atoms with Gasteiger partial charge in [0.2, 0.25) is 0 Å². The lowest BCUT2D eigenvalue weighted by Crippen LogP contribution is -2.27. The molecular formula is C38H79NO3. The van der Waals surface area contributed by atoms with E-state index in [9.17, 15) is 9.90 Å². The van der Waals surface area contributed by atoms with Gasteiger partial charge in [-0.3, -0.25) is 4.79 Å². The van der Waals surface area contributed by atoms with E-state index >= 15 is 0 Å². The molecule has 254 valence electrons. The summed E-state index contributed by atoms with van der Waals surface area (Å²) in [6.07, 6.45) is 34.5. The third-order valence-corrected chi connectivity index (χ3v) is 8.62. The first kappa shape index (κ1) is 43.5. The van der Waals surface area contributed by atoms with Gasteiger partial charge in [0, 0.05) is 19.6 Å². The van der Waals surface area contributed by atoms with Crippen LogP contribution in [0.3, 0.4) is 0 Å². The summed E-state index contributed by atoms with van der Waals surface area (Å²) in [5, 5.41) is 9.28. The van der Waals surface area contributed by atoms with E-state index in [-0.39, 0.29) is 19.5 Å². The quantitative estimate of drug-likeness (QED) is 0.0592. The Balaban J connectivity index is 0. The Bertz CT molecular complexity index is 497. The van der Waals surface area contributed by atoms with Gasteiger partial charge in [-0.15, -0.1) is 0 Å². The third kappa shape index (κ3) is 32.3. The summed E-state index contributed by atoms with van der Waals surface area (Å²) in [6.45, 7) is 10.5. The molecule has 0 spiro atoms. The van der Waals surface area contributed by atoms with Crippen molar-refractivity contribution < 1.29 is 14.6 Å². The molecule has 0 aromatic rings. The smallest absolute Gasteiger partial charge is 0.306 e. The van der Waals surface area contributed by atoms with Crippen molar-refractivity contribution in [1.82, 2.24) is 4.90 Å². The van der Waals surface area contributed by atoms with E-state index in [2.05, 4.69) is 25.7 Å². The lowest BCUT2D eigenvalue weighted by atomic mass is 10.0. The molecule has 0 aliphatic carbocycles. The molecule has 0 aromatic heterocycles. The first-order valence-corrected chi connectivity index (χ1v) is 18.7. The van der Waals surface area contributed by atoms with E-state index in [1.165, 1.54) is 148 Å². The van der Waals surface area contributed by atoms with Crippen molar-refractivity contribution in [3.8, 4) is 0 Å². The monoisotopic (exact) mass is 598 g/mol. The highest BCUT2D eigenvalue weighted by atomic mass is 16.5. The summed E-state index contributed by atoms with van der Waals surface area (Å²) in [7, 11) is 0. The van der Waals surface area contributed by atoms with Crippen LogP contribution >= 0.6 is 0 Å². The Morgan fingerprint density at radius 3 is 1.31 bits per heavy atom. The van der Waals surface area contributed by atoms with Crippen molar-refractivity contribution in [3.63, 3.8) is 0 Å². The summed E-state index contributed by atoms with van der Waals surface area (Å²) in [4.78, 5) is 15.2. The third-order valence-electron chi connectivity index (χ3n) is 8.62. The fourth-order valence-electron chi connectivity index (χ4n) is 5.87. The highest BCUT2D eigenvalue weighted by molar-refractivity contribution is 5.69. The number of rotatable bonds is 34. The number of ether oxygens (including phenoxy) is 1. The van der Waals surface area contributed by atoms with Gasteiger partial charge in [0.15, 0.2) is 0 Å². The maximum atomic E-state index is 12.6. The van der Waals surface area contributed by atoms with Crippen molar-refractivity contribution in [3.05, 3.63) is 0 Å². The van der Waals surface area contributed by atoms with E-state index in [0.717, 1.165) is 45.2 Å². The van der Waals surface area contributed by atoms with Gasteiger partial charge in [0.25, 0.3) is 0 Å². The van der Waals surface area contributed by atoms with E-state index < -0.39 is 0 Å². The maximum absolute atomic E-state index is 12.6. The van der Waals surface area contributed by atoms with Gasteiger partial charge in [-0.25, -0.2) is 0 Å². The zero-order valence-corrected chi connectivity index (χ0v) is 28.4. The summed E-state index contributed by atoms with van der Waals surface area (Å²) >= 11 is 0. The lowest BCUT2D eigenvalue weighted by molar-refractivity contribution is -0.150. The topological polar surface area (TPSA) is 49.8 Å². The summed E-state index contributed by atoms with van der Waals surface area (Å²) in [5.74, 6) is 0.0387. The zero-order valence-electron chi connectivity index (χ0n) is 28.4. The highest BCUT2D eigenvalue weighted by Gasteiger charge is 2.14. The standard InChI is InChI=1S/C37H75NO3.CH4/c1-4-7-10-13-16-21-26-32-38(34-28-35-39)33-27-22-17-20-25-31-37(40)41-36(29-23-18-14-11-8-5-2)30-24-19-15-12-9-6-3;/h36,39H,4-35H2,1-3H3;1H4. The van der Waals surface area contributed by atoms with E-state index in [0.29, 0.717) is 13.0 Å². The van der Waals surface area contributed by atoms with E-state index in [1.54, 1.807) is 0 Å². The average Bonchev–Trinajstić information content (AvgIpc) is 2.97. The Morgan fingerprint density at radius 1 is 0.524 bits per heavy atom. The number of unbranched alkanes of at least 4 members (excludes halogenated alkanes) is 20. The van der Waals surface area contributed by atoms with Gasteiger partial charge in [0.05, 0.1) is 0 Å². The first-order valence-electron chi connectivity index (χ1n) is 18.7. The molecule has 0 saturated carbocycles. The minimum Gasteiger partial charge on any atom is -0.462 e. The average molecular weight is 598 g/mol. The van der Waals surface area contributed by atoms with Crippen LogP contribution in [0.5, 0.6) is 0 Å². The van der Waals surface area contributed by atoms with Crippen LogP contribution in [0, 0.1) is 0 Å². The molecule has 0 amide bonds. The van der Waals surface area contributed by atoms with Crippen molar-refractivity contribution in [1.29, 1.82) is 0 Å². The number of hydrogen-bond donors (Lipinski definition) is 1. The molecule has 0 unspecified atom stereocenters. The fraction of sp³-hybridized carbons (Fsp3) is 0.974. The van der Waals surface area contributed by atoms with Crippen LogP contribution in [0.4, 0.5) is 0 Å². The summed E-state index contributed by atoms with van der Waals surface area (Å²) < 4.78 is 6.01. The zero-order chi connectivity index (χ0) is 30.1. The molecule has 4 nitrogen and oxygen atoms in total. The predicted octanol–water partition coefficient (Wildman–Crippen LogP) is 11.8. The second-order valence-corrected chi connectivity index (χ2v) is 12.8. The summed E-state index contributed by atoms with van der Waals surface area (Å²) in [6, 6.07) is 0. The van der Waals surface area contributed by atoms with E-state index in [1.807, 2.05) is 0 Å². The number of aliphatic hydroxyl groups is 1. The van der Waals surface area contributed by atoms with E-state index in [4.69, 9.17) is 4.74 Å². The largest absolute Gasteiger partial charge is 0.462 e. The van der Waals surface area contributed by atoms with Crippen molar-refractivity contribution in [2.45, 2.75) is 214 Å². The molecule has 0 fully saturated rings. The van der Waals surface area contributed by atoms with Crippen molar-refractivity contribution >= 4 is 5.97 Å². The molecule has 0 heterocycles. The number of aliphatic hydroxyl groups excluding tert-OH is 1. The molecule has 0 atom stereocenters. The molecular weight excluding hydrogens is 518 g/mol. The Hall–Kier alpha value is -0.610. The number of esters is 1. The second-order valence-electron chi connectivity index (χ2n) is 12.8. The van der Waals surface area contributed by atoms with Crippen LogP contribution in [-0.2, 0) is 9.53 Å². The van der Waals surface area contributed by atoms with Gasteiger partial charge in [-0.05, 0) is 64.5 Å². The van der Waals surface area contributed by atoms with Crippen LogP contribution in [0.1, 0.15) is 208 Å². The van der Waals surface area contributed by atoms with Crippen LogP contribution in [0.2, 0.25) is 0 Å².